The zero-order valence-electron chi connectivity index (χ0n) is 17.7. The number of carbonyl (C=O) groups is 1. The molecule has 0 N–H and O–H groups in total. The molecule has 0 spiro atoms. The number of methoxy groups -OCH3 is 1. The smallest absolute Gasteiger partial charge is 0.258 e. The lowest BCUT2D eigenvalue weighted by Gasteiger charge is -2.23. The van der Waals surface area contributed by atoms with E-state index in [2.05, 4.69) is 42.0 Å². The van der Waals surface area contributed by atoms with Crippen LogP contribution in [0.25, 0.3) is 11.1 Å². The highest BCUT2D eigenvalue weighted by molar-refractivity contribution is 6.07. The van der Waals surface area contributed by atoms with Gasteiger partial charge in [0.05, 0.1) is 13.7 Å². The fraction of sp³-hybridized carbons (Fsp3) is 0.148. The second-order valence-corrected chi connectivity index (χ2v) is 7.88. The molecule has 0 saturated carbocycles. The van der Waals surface area contributed by atoms with Crippen molar-refractivity contribution in [2.75, 3.05) is 12.0 Å². The Kier molecular flexibility index (Phi) is 4.83. The van der Waals surface area contributed by atoms with Gasteiger partial charge in [-0.25, -0.2) is 0 Å². The molecule has 154 valence electrons. The Bertz CT molecular complexity index is 1270. The number of rotatable bonds is 3. The summed E-state index contributed by atoms with van der Waals surface area (Å²) in [6, 6.07) is 26.2. The molecule has 5 rings (SSSR count). The van der Waals surface area contributed by atoms with E-state index in [1.54, 1.807) is 7.11 Å². The molecule has 4 heteroatoms. The number of hydrogen-bond donors (Lipinski definition) is 0. The number of carbonyl (C=O) groups excluding carboxylic acids is 1. The average molecular weight is 409 g/mol. The van der Waals surface area contributed by atoms with Crippen LogP contribution in [-0.4, -0.2) is 17.6 Å². The van der Waals surface area contributed by atoms with Crippen LogP contribution in [0.1, 0.15) is 27.2 Å². The third-order valence-electron chi connectivity index (χ3n) is 6.00. The van der Waals surface area contributed by atoms with E-state index in [9.17, 15) is 4.79 Å². The summed E-state index contributed by atoms with van der Waals surface area (Å²) in [5, 5.41) is 0. The fourth-order valence-electron chi connectivity index (χ4n) is 4.34. The predicted octanol–water partition coefficient (Wildman–Crippen LogP) is 5.68. The molecule has 0 unspecified atom stereocenters. The summed E-state index contributed by atoms with van der Waals surface area (Å²) >= 11 is 0. The number of aryl methyl sites for hydroxylation is 1. The molecule has 31 heavy (non-hydrogen) atoms. The van der Waals surface area contributed by atoms with E-state index in [0.29, 0.717) is 17.9 Å². The maximum Gasteiger partial charge on any atom is 0.258 e. The lowest BCUT2D eigenvalue weighted by molar-refractivity contribution is 0.0984. The Morgan fingerprint density at radius 1 is 0.871 bits per heavy atom. The Morgan fingerprint density at radius 3 is 2.52 bits per heavy atom. The molecule has 1 amide bonds. The first-order valence-corrected chi connectivity index (χ1v) is 10.4. The molecule has 2 heterocycles. The fourth-order valence-corrected chi connectivity index (χ4v) is 4.34. The van der Waals surface area contributed by atoms with Gasteiger partial charge in [0.2, 0.25) is 0 Å². The number of anilines is 1. The van der Waals surface area contributed by atoms with Gasteiger partial charge < -0.3 is 14.2 Å². The minimum Gasteiger partial charge on any atom is -0.496 e. The lowest BCUT2D eigenvalue weighted by Crippen LogP contribution is -2.30. The molecule has 1 aliphatic rings. The van der Waals surface area contributed by atoms with Gasteiger partial charge in [0.25, 0.3) is 5.91 Å². The predicted molar refractivity (Wildman–Crippen MR) is 124 cm³/mol. The van der Waals surface area contributed by atoms with Gasteiger partial charge in [0, 0.05) is 35.2 Å². The number of aromatic nitrogens is 1. The SMILES string of the molecule is COc1cc(C(=O)N2Cc3cccn3Cc3ccccc32)ccc1-c1ccccc1C. The minimum absolute atomic E-state index is 0.0308. The highest BCUT2D eigenvalue weighted by Crippen LogP contribution is 2.34. The minimum atomic E-state index is -0.0308. The van der Waals surface area contributed by atoms with Crippen molar-refractivity contribution < 1.29 is 9.53 Å². The topological polar surface area (TPSA) is 34.5 Å². The normalized spacial score (nSPS) is 12.6. The third-order valence-corrected chi connectivity index (χ3v) is 6.00. The summed E-state index contributed by atoms with van der Waals surface area (Å²) < 4.78 is 7.90. The first-order valence-electron chi connectivity index (χ1n) is 10.4. The Morgan fingerprint density at radius 2 is 1.68 bits per heavy atom. The molecule has 0 aliphatic carbocycles. The molecule has 0 fully saturated rings. The quantitative estimate of drug-likeness (QED) is 0.437. The summed E-state index contributed by atoms with van der Waals surface area (Å²) in [7, 11) is 1.65. The molecule has 0 saturated heterocycles. The highest BCUT2D eigenvalue weighted by atomic mass is 16.5. The van der Waals surface area contributed by atoms with Gasteiger partial charge in [0.1, 0.15) is 5.75 Å². The van der Waals surface area contributed by atoms with Crippen molar-refractivity contribution in [3.8, 4) is 16.9 Å². The summed E-state index contributed by atoms with van der Waals surface area (Å²) in [6.07, 6.45) is 2.07. The maximum atomic E-state index is 13.7. The number of amides is 1. The molecule has 0 atom stereocenters. The van der Waals surface area contributed by atoms with E-state index in [0.717, 1.165) is 34.6 Å². The lowest BCUT2D eigenvalue weighted by atomic mass is 9.98. The second-order valence-electron chi connectivity index (χ2n) is 7.88. The van der Waals surface area contributed by atoms with Crippen LogP contribution in [0.15, 0.2) is 85.1 Å². The number of nitrogens with zero attached hydrogens (tertiary/aromatic N) is 2. The van der Waals surface area contributed by atoms with E-state index in [1.165, 1.54) is 5.56 Å². The molecule has 1 aliphatic heterocycles. The van der Waals surface area contributed by atoms with Gasteiger partial charge in [-0.15, -0.1) is 0 Å². The molecule has 1 aromatic heterocycles. The van der Waals surface area contributed by atoms with Crippen molar-refractivity contribution in [3.63, 3.8) is 0 Å². The molecule has 3 aromatic carbocycles. The van der Waals surface area contributed by atoms with Crippen LogP contribution < -0.4 is 9.64 Å². The van der Waals surface area contributed by atoms with Crippen molar-refractivity contribution in [2.45, 2.75) is 20.0 Å². The summed E-state index contributed by atoms with van der Waals surface area (Å²) in [4.78, 5) is 15.6. The van der Waals surface area contributed by atoms with Crippen LogP contribution in [0.5, 0.6) is 5.75 Å². The van der Waals surface area contributed by atoms with Gasteiger partial charge in [-0.1, -0.05) is 42.5 Å². The summed E-state index contributed by atoms with van der Waals surface area (Å²) in [5.41, 5.74) is 7.09. The van der Waals surface area contributed by atoms with E-state index in [4.69, 9.17) is 4.74 Å². The van der Waals surface area contributed by atoms with Gasteiger partial charge >= 0.3 is 0 Å². The van der Waals surface area contributed by atoms with Crippen molar-refractivity contribution >= 4 is 11.6 Å². The number of hydrogen-bond acceptors (Lipinski definition) is 2. The largest absolute Gasteiger partial charge is 0.496 e. The van der Waals surface area contributed by atoms with Gasteiger partial charge in [-0.05, 0) is 60.0 Å². The van der Waals surface area contributed by atoms with Crippen molar-refractivity contribution in [2.24, 2.45) is 0 Å². The van der Waals surface area contributed by atoms with Crippen LogP contribution in [0.2, 0.25) is 0 Å². The molecule has 4 nitrogen and oxygen atoms in total. The highest BCUT2D eigenvalue weighted by Gasteiger charge is 2.25. The van der Waals surface area contributed by atoms with Gasteiger partial charge in [-0.3, -0.25) is 4.79 Å². The van der Waals surface area contributed by atoms with Crippen molar-refractivity contribution in [3.05, 3.63) is 107 Å². The zero-order chi connectivity index (χ0) is 21.4. The van der Waals surface area contributed by atoms with Crippen molar-refractivity contribution in [1.82, 2.24) is 4.57 Å². The maximum absolute atomic E-state index is 13.7. The van der Waals surface area contributed by atoms with Crippen molar-refractivity contribution in [1.29, 1.82) is 0 Å². The van der Waals surface area contributed by atoms with Crippen LogP contribution in [0.3, 0.4) is 0 Å². The van der Waals surface area contributed by atoms with E-state index in [-0.39, 0.29) is 5.91 Å². The molecule has 0 bridgehead atoms. The Hall–Kier alpha value is -3.79. The standard InChI is InChI=1S/C27H24N2O2/c1-19-8-3-5-11-23(19)24-14-13-20(16-26(24)31-2)27(30)29-18-22-10-7-15-28(22)17-21-9-4-6-12-25(21)29/h3-16H,17-18H2,1-2H3. The number of para-hydroxylation sites is 1. The second kappa shape index (κ2) is 7.80. The van der Waals surface area contributed by atoms with Crippen LogP contribution in [0.4, 0.5) is 5.69 Å². The molecular weight excluding hydrogens is 384 g/mol. The zero-order valence-corrected chi connectivity index (χ0v) is 17.7. The first-order chi connectivity index (χ1) is 15.2. The van der Waals surface area contributed by atoms with E-state index < -0.39 is 0 Å². The monoisotopic (exact) mass is 408 g/mol. The number of ether oxygens (including phenoxy) is 1. The molecule has 4 aromatic rings. The number of benzene rings is 3. The summed E-state index contributed by atoms with van der Waals surface area (Å²) in [5.74, 6) is 0.670. The van der Waals surface area contributed by atoms with Crippen LogP contribution in [0, 0.1) is 6.92 Å². The Labute approximate surface area is 182 Å². The van der Waals surface area contributed by atoms with Crippen LogP contribution >= 0.6 is 0 Å². The van der Waals surface area contributed by atoms with E-state index in [1.807, 2.05) is 59.5 Å². The summed E-state index contributed by atoms with van der Waals surface area (Å²) in [6.45, 7) is 3.37. The first kappa shape index (κ1) is 19.2. The Balaban J connectivity index is 1.57. The molecular formula is C27H24N2O2. The number of fused-ring (bicyclic) bond motifs is 2. The van der Waals surface area contributed by atoms with Crippen LogP contribution in [-0.2, 0) is 13.1 Å². The van der Waals surface area contributed by atoms with Gasteiger partial charge in [-0.2, -0.15) is 0 Å². The van der Waals surface area contributed by atoms with Gasteiger partial charge in [0.15, 0.2) is 0 Å². The molecule has 0 radical (unpaired) electrons. The average Bonchev–Trinajstić information content (AvgIpc) is 3.17. The van der Waals surface area contributed by atoms with E-state index >= 15 is 0 Å². The third kappa shape index (κ3) is 3.40.